The van der Waals surface area contributed by atoms with Crippen LogP contribution in [0.1, 0.15) is 30.9 Å². The molecule has 33 heavy (non-hydrogen) atoms. The predicted molar refractivity (Wildman–Crippen MR) is 129 cm³/mol. The SMILES string of the molecule is CCN(C(=O)CN(Cc1ccccc1)C1CC1)c1c(N)n(Cc2ccccc2)c(=O)[nH]c1=O. The van der Waals surface area contributed by atoms with Crippen LogP contribution in [0, 0.1) is 0 Å². The Bertz CT molecular complexity index is 1220. The van der Waals surface area contributed by atoms with Crippen LogP contribution in [0.4, 0.5) is 11.5 Å². The third-order valence-corrected chi connectivity index (χ3v) is 5.91. The Balaban J connectivity index is 1.61. The Morgan fingerprint density at radius 2 is 1.64 bits per heavy atom. The molecule has 1 saturated carbocycles. The van der Waals surface area contributed by atoms with E-state index in [1.807, 2.05) is 60.7 Å². The molecule has 1 aliphatic carbocycles. The summed E-state index contributed by atoms with van der Waals surface area (Å²) in [5.41, 5.74) is 7.07. The number of hydrogen-bond donors (Lipinski definition) is 2. The van der Waals surface area contributed by atoms with Gasteiger partial charge in [-0.1, -0.05) is 60.7 Å². The zero-order valence-electron chi connectivity index (χ0n) is 18.7. The number of likely N-dealkylation sites (N-methyl/N-ethyl adjacent to an activating group) is 1. The molecule has 8 nitrogen and oxygen atoms in total. The number of aromatic nitrogens is 2. The number of nitrogen functional groups attached to an aromatic ring is 1. The molecule has 1 amide bonds. The summed E-state index contributed by atoms with van der Waals surface area (Å²) in [5.74, 6) is -0.230. The van der Waals surface area contributed by atoms with E-state index in [-0.39, 0.29) is 37.0 Å². The Morgan fingerprint density at radius 3 is 2.21 bits per heavy atom. The van der Waals surface area contributed by atoms with Crippen LogP contribution >= 0.6 is 0 Å². The number of carbonyl (C=O) groups excluding carboxylic acids is 1. The van der Waals surface area contributed by atoms with Gasteiger partial charge in [-0.2, -0.15) is 0 Å². The van der Waals surface area contributed by atoms with E-state index in [0.717, 1.165) is 24.0 Å². The van der Waals surface area contributed by atoms with E-state index in [1.165, 1.54) is 9.47 Å². The molecular formula is C25H29N5O3. The molecule has 1 aromatic heterocycles. The van der Waals surface area contributed by atoms with Gasteiger partial charge in [0.05, 0.1) is 13.1 Å². The third-order valence-electron chi connectivity index (χ3n) is 5.91. The van der Waals surface area contributed by atoms with Gasteiger partial charge >= 0.3 is 5.69 Å². The second-order valence-electron chi connectivity index (χ2n) is 8.32. The van der Waals surface area contributed by atoms with Gasteiger partial charge in [0.25, 0.3) is 5.56 Å². The van der Waals surface area contributed by atoms with E-state index in [1.54, 1.807) is 6.92 Å². The van der Waals surface area contributed by atoms with Crippen LogP contribution in [0.2, 0.25) is 0 Å². The molecule has 1 aliphatic rings. The fraction of sp³-hybridized carbons (Fsp3) is 0.320. The van der Waals surface area contributed by atoms with E-state index in [4.69, 9.17) is 5.73 Å². The van der Waals surface area contributed by atoms with E-state index < -0.39 is 11.2 Å². The molecule has 2 aromatic carbocycles. The van der Waals surface area contributed by atoms with Gasteiger partial charge in [-0.25, -0.2) is 4.79 Å². The summed E-state index contributed by atoms with van der Waals surface area (Å²) in [6, 6.07) is 19.7. The molecule has 8 heteroatoms. The normalized spacial score (nSPS) is 13.3. The molecule has 0 radical (unpaired) electrons. The van der Waals surface area contributed by atoms with E-state index >= 15 is 0 Å². The number of benzene rings is 2. The Morgan fingerprint density at radius 1 is 1.03 bits per heavy atom. The summed E-state index contributed by atoms with van der Waals surface area (Å²) in [6.45, 7) is 3.09. The van der Waals surface area contributed by atoms with Gasteiger partial charge in [-0.15, -0.1) is 0 Å². The van der Waals surface area contributed by atoms with E-state index in [2.05, 4.69) is 9.88 Å². The molecule has 3 aromatic rings. The van der Waals surface area contributed by atoms with Crippen molar-refractivity contribution in [3.8, 4) is 0 Å². The number of nitrogens with two attached hydrogens (primary N) is 1. The largest absolute Gasteiger partial charge is 0.383 e. The number of anilines is 2. The Hall–Kier alpha value is -3.65. The van der Waals surface area contributed by atoms with Gasteiger partial charge in [0.2, 0.25) is 5.91 Å². The van der Waals surface area contributed by atoms with Crippen LogP contribution < -0.4 is 21.9 Å². The van der Waals surface area contributed by atoms with Crippen molar-refractivity contribution in [2.75, 3.05) is 23.7 Å². The van der Waals surface area contributed by atoms with Gasteiger partial charge in [-0.3, -0.25) is 24.0 Å². The van der Waals surface area contributed by atoms with Crippen molar-refractivity contribution in [1.82, 2.24) is 14.5 Å². The van der Waals surface area contributed by atoms with Crippen LogP contribution in [-0.4, -0.2) is 39.5 Å². The Labute approximate surface area is 192 Å². The number of H-pyrrole nitrogens is 1. The molecule has 0 aliphatic heterocycles. The lowest BCUT2D eigenvalue weighted by molar-refractivity contribution is -0.120. The van der Waals surface area contributed by atoms with Gasteiger partial charge in [0, 0.05) is 19.1 Å². The number of carbonyl (C=O) groups is 1. The monoisotopic (exact) mass is 447 g/mol. The van der Waals surface area contributed by atoms with Crippen LogP contribution in [-0.2, 0) is 17.9 Å². The average Bonchev–Trinajstić information content (AvgIpc) is 3.66. The molecule has 4 rings (SSSR count). The lowest BCUT2D eigenvalue weighted by Crippen LogP contribution is -2.45. The highest BCUT2D eigenvalue weighted by molar-refractivity contribution is 5.96. The minimum absolute atomic E-state index is 0.0103. The molecule has 1 heterocycles. The average molecular weight is 448 g/mol. The molecular weight excluding hydrogens is 418 g/mol. The minimum atomic E-state index is -0.655. The van der Waals surface area contributed by atoms with Crippen molar-refractivity contribution in [1.29, 1.82) is 0 Å². The summed E-state index contributed by atoms with van der Waals surface area (Å²) >= 11 is 0. The first kappa shape index (κ1) is 22.5. The fourth-order valence-electron chi connectivity index (χ4n) is 4.05. The van der Waals surface area contributed by atoms with Crippen molar-refractivity contribution in [3.05, 3.63) is 92.6 Å². The summed E-state index contributed by atoms with van der Waals surface area (Å²) in [5, 5.41) is 0. The predicted octanol–water partition coefficient (Wildman–Crippen LogP) is 2.18. The minimum Gasteiger partial charge on any atom is -0.383 e. The van der Waals surface area contributed by atoms with Crippen molar-refractivity contribution in [2.24, 2.45) is 0 Å². The first-order valence-corrected chi connectivity index (χ1v) is 11.2. The Kier molecular flexibility index (Phi) is 6.74. The molecule has 0 atom stereocenters. The molecule has 0 saturated heterocycles. The second kappa shape index (κ2) is 9.87. The highest BCUT2D eigenvalue weighted by Gasteiger charge is 2.32. The topological polar surface area (TPSA) is 104 Å². The number of hydrogen-bond acceptors (Lipinski definition) is 5. The standard InChI is InChI=1S/C25H29N5O3/c1-2-29(21(31)17-28(20-13-14-20)15-18-9-5-3-6-10-18)22-23(26)30(25(33)27-24(22)32)16-19-11-7-4-8-12-19/h3-12,20H,2,13-17,26H2,1H3,(H,27,32,33). The summed E-state index contributed by atoms with van der Waals surface area (Å²) in [4.78, 5) is 44.4. The summed E-state index contributed by atoms with van der Waals surface area (Å²) in [6.07, 6.45) is 2.10. The molecule has 0 bridgehead atoms. The maximum Gasteiger partial charge on any atom is 0.330 e. The maximum absolute atomic E-state index is 13.4. The van der Waals surface area contributed by atoms with Crippen molar-refractivity contribution < 1.29 is 4.79 Å². The molecule has 172 valence electrons. The first-order chi connectivity index (χ1) is 16.0. The quantitative estimate of drug-likeness (QED) is 0.523. The summed E-state index contributed by atoms with van der Waals surface area (Å²) < 4.78 is 1.30. The second-order valence-corrected chi connectivity index (χ2v) is 8.32. The van der Waals surface area contributed by atoms with E-state index in [9.17, 15) is 14.4 Å². The lowest BCUT2D eigenvalue weighted by Gasteiger charge is -2.27. The number of rotatable bonds is 9. The molecule has 0 spiro atoms. The van der Waals surface area contributed by atoms with Gasteiger partial charge in [0.15, 0.2) is 5.69 Å². The van der Waals surface area contributed by atoms with Crippen LogP contribution in [0.15, 0.2) is 70.3 Å². The molecule has 3 N–H and O–H groups in total. The zero-order valence-corrected chi connectivity index (χ0v) is 18.7. The number of nitrogens with one attached hydrogen (secondary N) is 1. The smallest absolute Gasteiger partial charge is 0.330 e. The van der Waals surface area contributed by atoms with Gasteiger partial charge in [0.1, 0.15) is 5.82 Å². The fourth-order valence-corrected chi connectivity index (χ4v) is 4.05. The first-order valence-electron chi connectivity index (χ1n) is 11.2. The van der Waals surface area contributed by atoms with Crippen LogP contribution in [0.3, 0.4) is 0 Å². The van der Waals surface area contributed by atoms with Crippen LogP contribution in [0.5, 0.6) is 0 Å². The van der Waals surface area contributed by atoms with Crippen molar-refractivity contribution >= 4 is 17.4 Å². The van der Waals surface area contributed by atoms with Crippen molar-refractivity contribution in [2.45, 2.75) is 38.9 Å². The highest BCUT2D eigenvalue weighted by atomic mass is 16.2. The highest BCUT2D eigenvalue weighted by Crippen LogP contribution is 2.28. The molecule has 1 fully saturated rings. The maximum atomic E-state index is 13.4. The lowest BCUT2D eigenvalue weighted by atomic mass is 10.2. The summed E-state index contributed by atoms with van der Waals surface area (Å²) in [7, 11) is 0. The number of nitrogens with zero attached hydrogens (tertiary/aromatic N) is 3. The van der Waals surface area contributed by atoms with Gasteiger partial charge in [-0.05, 0) is 30.9 Å². The van der Waals surface area contributed by atoms with Crippen LogP contribution in [0.25, 0.3) is 0 Å². The van der Waals surface area contributed by atoms with E-state index in [0.29, 0.717) is 12.6 Å². The third kappa shape index (κ3) is 5.23. The zero-order chi connectivity index (χ0) is 23.4. The number of amides is 1. The molecule has 0 unspecified atom stereocenters. The number of aromatic amines is 1. The van der Waals surface area contributed by atoms with Gasteiger partial charge < -0.3 is 10.6 Å². The van der Waals surface area contributed by atoms with Crippen molar-refractivity contribution in [3.63, 3.8) is 0 Å².